The van der Waals surface area contributed by atoms with E-state index in [2.05, 4.69) is 20.4 Å². The highest BCUT2D eigenvalue weighted by Gasteiger charge is 2.15. The van der Waals surface area contributed by atoms with Gasteiger partial charge in [0.1, 0.15) is 11.6 Å². The van der Waals surface area contributed by atoms with Crippen LogP contribution in [0.1, 0.15) is 25.3 Å². The fraction of sp³-hybridized carbons (Fsp3) is 0.611. The van der Waals surface area contributed by atoms with E-state index < -0.39 is 12.4 Å². The van der Waals surface area contributed by atoms with Crippen LogP contribution in [0.4, 0.5) is 13.2 Å². The van der Waals surface area contributed by atoms with Gasteiger partial charge in [0.05, 0.1) is 24.8 Å². The zero-order chi connectivity index (χ0) is 19.5. The Morgan fingerprint density at radius 3 is 2.86 bits per heavy atom. The van der Waals surface area contributed by atoms with Gasteiger partial charge in [-0.15, -0.1) is 24.0 Å². The number of ether oxygens (including phenoxy) is 3. The Labute approximate surface area is 180 Å². The number of benzene rings is 1. The van der Waals surface area contributed by atoms with Crippen LogP contribution in [-0.2, 0) is 16.0 Å². The first-order valence-corrected chi connectivity index (χ1v) is 9.04. The van der Waals surface area contributed by atoms with E-state index in [1.165, 1.54) is 18.2 Å². The van der Waals surface area contributed by atoms with Crippen molar-refractivity contribution >= 4 is 29.9 Å². The molecule has 1 atom stereocenters. The summed E-state index contributed by atoms with van der Waals surface area (Å²) in [4.78, 5) is 4.26. The van der Waals surface area contributed by atoms with Crippen molar-refractivity contribution < 1.29 is 27.4 Å². The van der Waals surface area contributed by atoms with E-state index in [9.17, 15) is 13.2 Å². The molecule has 1 aliphatic heterocycles. The summed E-state index contributed by atoms with van der Waals surface area (Å²) >= 11 is 0. The number of aliphatic imine (C=N–C) groups is 1. The Morgan fingerprint density at radius 2 is 2.18 bits per heavy atom. The van der Waals surface area contributed by atoms with Crippen LogP contribution < -0.4 is 15.4 Å². The lowest BCUT2D eigenvalue weighted by atomic mass is 10.2. The summed E-state index contributed by atoms with van der Waals surface area (Å²) in [6, 6.07) is 3.80. The SMILES string of the molecule is CCNC(=NCc1c(F)cccc1OC(F)F)NCCCOC1CCOC1.I. The standard InChI is InChI=1S/C18H26F3N3O3.HI/c1-2-22-18(23-8-4-9-26-13-7-10-25-12-13)24-11-14-15(19)5-3-6-16(14)27-17(20)21;/h3,5-6,13,17H,2,4,7-12H2,1H3,(H2,22,23,24);1H. The minimum Gasteiger partial charge on any atom is -0.434 e. The molecular formula is C18H27F3IN3O3. The molecule has 1 aromatic rings. The van der Waals surface area contributed by atoms with Gasteiger partial charge >= 0.3 is 6.61 Å². The average Bonchev–Trinajstić information content (AvgIpc) is 3.13. The lowest BCUT2D eigenvalue weighted by Crippen LogP contribution is -2.38. The highest BCUT2D eigenvalue weighted by atomic mass is 127. The van der Waals surface area contributed by atoms with Gasteiger partial charge in [-0.2, -0.15) is 8.78 Å². The topological polar surface area (TPSA) is 64.1 Å². The minimum absolute atomic E-state index is 0. The van der Waals surface area contributed by atoms with Crippen LogP contribution in [0, 0.1) is 5.82 Å². The van der Waals surface area contributed by atoms with Crippen LogP contribution in [0.15, 0.2) is 23.2 Å². The molecule has 0 aromatic heterocycles. The maximum absolute atomic E-state index is 14.0. The fourth-order valence-corrected chi connectivity index (χ4v) is 2.57. The Morgan fingerprint density at radius 1 is 1.36 bits per heavy atom. The minimum atomic E-state index is -3.02. The van der Waals surface area contributed by atoms with Crippen molar-refractivity contribution in [2.45, 2.75) is 39.0 Å². The van der Waals surface area contributed by atoms with Gasteiger partial charge in [0.2, 0.25) is 0 Å². The van der Waals surface area contributed by atoms with Crippen molar-refractivity contribution in [3.8, 4) is 5.75 Å². The molecule has 1 unspecified atom stereocenters. The third-order valence-electron chi connectivity index (χ3n) is 3.89. The van der Waals surface area contributed by atoms with Crippen LogP contribution in [0.25, 0.3) is 0 Å². The van der Waals surface area contributed by atoms with Gasteiger partial charge in [-0.05, 0) is 31.9 Å². The smallest absolute Gasteiger partial charge is 0.387 e. The summed E-state index contributed by atoms with van der Waals surface area (Å²) in [5, 5.41) is 6.14. The summed E-state index contributed by atoms with van der Waals surface area (Å²) in [5.74, 6) is -0.385. The van der Waals surface area contributed by atoms with Gasteiger partial charge in [-0.25, -0.2) is 9.38 Å². The second kappa shape index (κ2) is 13.8. The molecule has 28 heavy (non-hydrogen) atoms. The summed E-state index contributed by atoms with van der Waals surface area (Å²) < 4.78 is 54.2. The summed E-state index contributed by atoms with van der Waals surface area (Å²) in [5.41, 5.74) is -0.0143. The van der Waals surface area contributed by atoms with Crippen LogP contribution in [0.5, 0.6) is 5.75 Å². The lowest BCUT2D eigenvalue weighted by molar-refractivity contribution is -0.0506. The molecular weight excluding hydrogens is 490 g/mol. The van der Waals surface area contributed by atoms with Gasteiger partial charge in [-0.1, -0.05) is 6.07 Å². The molecule has 2 N–H and O–H groups in total. The molecule has 10 heteroatoms. The second-order valence-corrected chi connectivity index (χ2v) is 5.93. The van der Waals surface area contributed by atoms with Gasteiger partial charge < -0.3 is 24.8 Å². The highest BCUT2D eigenvalue weighted by molar-refractivity contribution is 14.0. The number of guanidine groups is 1. The molecule has 160 valence electrons. The van der Waals surface area contributed by atoms with E-state index in [1.807, 2.05) is 6.92 Å². The zero-order valence-electron chi connectivity index (χ0n) is 15.8. The first kappa shape index (κ1) is 24.8. The normalized spacial score (nSPS) is 16.8. The predicted octanol–water partition coefficient (Wildman–Crippen LogP) is 3.30. The Kier molecular flexibility index (Phi) is 12.2. The van der Waals surface area contributed by atoms with Crippen molar-refractivity contribution in [2.75, 3.05) is 32.9 Å². The molecule has 0 bridgehead atoms. The molecule has 1 aliphatic rings. The molecule has 1 heterocycles. The van der Waals surface area contributed by atoms with E-state index in [0.29, 0.717) is 32.3 Å². The maximum Gasteiger partial charge on any atom is 0.387 e. The van der Waals surface area contributed by atoms with Gasteiger partial charge in [-0.3, -0.25) is 0 Å². The largest absolute Gasteiger partial charge is 0.434 e. The number of halogens is 4. The summed E-state index contributed by atoms with van der Waals surface area (Å²) in [6.07, 6.45) is 1.85. The average molecular weight is 517 g/mol. The molecule has 0 spiro atoms. The molecule has 0 radical (unpaired) electrons. The predicted molar refractivity (Wildman–Crippen MR) is 111 cm³/mol. The maximum atomic E-state index is 14.0. The Balaban J connectivity index is 0.00000392. The molecule has 1 fully saturated rings. The molecule has 2 rings (SSSR count). The fourth-order valence-electron chi connectivity index (χ4n) is 2.57. The second-order valence-electron chi connectivity index (χ2n) is 5.93. The monoisotopic (exact) mass is 517 g/mol. The third-order valence-corrected chi connectivity index (χ3v) is 3.89. The highest BCUT2D eigenvalue weighted by Crippen LogP contribution is 2.24. The molecule has 0 aliphatic carbocycles. The van der Waals surface area contributed by atoms with Crippen molar-refractivity contribution in [3.05, 3.63) is 29.6 Å². The van der Waals surface area contributed by atoms with Crippen molar-refractivity contribution in [1.29, 1.82) is 0 Å². The first-order chi connectivity index (χ1) is 13.1. The number of hydrogen-bond acceptors (Lipinski definition) is 4. The molecule has 6 nitrogen and oxygen atoms in total. The molecule has 1 aromatic carbocycles. The number of alkyl halides is 2. The van der Waals surface area contributed by atoms with Gasteiger partial charge in [0.15, 0.2) is 5.96 Å². The summed E-state index contributed by atoms with van der Waals surface area (Å²) in [6.45, 7) is 1.95. The third kappa shape index (κ3) is 8.82. The lowest BCUT2D eigenvalue weighted by Gasteiger charge is -2.14. The van der Waals surface area contributed by atoms with Crippen LogP contribution >= 0.6 is 24.0 Å². The van der Waals surface area contributed by atoms with Crippen LogP contribution in [0.3, 0.4) is 0 Å². The van der Waals surface area contributed by atoms with Gasteiger partial charge in [0.25, 0.3) is 0 Å². The van der Waals surface area contributed by atoms with Crippen LogP contribution in [0.2, 0.25) is 0 Å². The number of nitrogens with one attached hydrogen (secondary N) is 2. The Bertz CT molecular complexity index is 603. The van der Waals surface area contributed by atoms with Crippen molar-refractivity contribution in [2.24, 2.45) is 4.99 Å². The quantitative estimate of drug-likeness (QED) is 0.216. The molecule has 1 saturated heterocycles. The van der Waals surface area contributed by atoms with E-state index in [4.69, 9.17) is 9.47 Å². The van der Waals surface area contributed by atoms with Gasteiger partial charge in [0, 0.05) is 26.3 Å². The number of nitrogens with zero attached hydrogens (tertiary/aromatic N) is 1. The zero-order valence-corrected chi connectivity index (χ0v) is 18.1. The van der Waals surface area contributed by atoms with E-state index in [-0.39, 0.29) is 47.9 Å². The van der Waals surface area contributed by atoms with E-state index >= 15 is 0 Å². The molecule has 0 amide bonds. The number of rotatable bonds is 10. The van der Waals surface area contributed by atoms with Crippen LogP contribution in [-0.4, -0.2) is 51.6 Å². The van der Waals surface area contributed by atoms with E-state index in [1.54, 1.807) is 0 Å². The van der Waals surface area contributed by atoms with Crippen molar-refractivity contribution in [1.82, 2.24) is 10.6 Å². The number of hydrogen-bond donors (Lipinski definition) is 2. The summed E-state index contributed by atoms with van der Waals surface area (Å²) in [7, 11) is 0. The van der Waals surface area contributed by atoms with E-state index in [0.717, 1.165) is 19.4 Å². The Hall–Kier alpha value is -1.27. The molecule has 0 saturated carbocycles. The first-order valence-electron chi connectivity index (χ1n) is 9.04. The van der Waals surface area contributed by atoms with Crippen molar-refractivity contribution in [3.63, 3.8) is 0 Å².